The number of hydrogen-bond donors (Lipinski definition) is 1. The van der Waals surface area contributed by atoms with Gasteiger partial charge in [-0.3, -0.25) is 9.59 Å². The monoisotopic (exact) mass is 380 g/mol. The fourth-order valence-electron chi connectivity index (χ4n) is 7.73. The van der Waals surface area contributed by atoms with Gasteiger partial charge in [-0.2, -0.15) is 0 Å². The highest BCUT2D eigenvalue weighted by atomic mass is 19.1. The molecule has 0 aromatic heterocycles. The van der Waals surface area contributed by atoms with E-state index < -0.39 is 18.2 Å². The summed E-state index contributed by atoms with van der Waals surface area (Å²) in [4.78, 5) is 23.6. The maximum Gasteiger partial charge on any atom is 0.302 e. The van der Waals surface area contributed by atoms with Gasteiger partial charge in [0.25, 0.3) is 0 Å². The van der Waals surface area contributed by atoms with E-state index in [-0.39, 0.29) is 29.7 Å². The van der Waals surface area contributed by atoms with Crippen molar-refractivity contribution in [3.63, 3.8) is 0 Å². The van der Waals surface area contributed by atoms with E-state index in [1.165, 1.54) is 6.92 Å². The number of rotatable bonds is 3. The molecule has 0 spiro atoms. The molecule has 0 unspecified atom stereocenters. The molecule has 0 aromatic carbocycles. The van der Waals surface area contributed by atoms with Gasteiger partial charge < -0.3 is 9.84 Å². The maximum atomic E-state index is 15.5. The number of carbonyl (C=O) groups excluding carboxylic acids is 2. The highest BCUT2D eigenvalue weighted by molar-refractivity contribution is 5.83. The first-order valence-electron chi connectivity index (χ1n) is 10.8. The van der Waals surface area contributed by atoms with Crippen molar-refractivity contribution in [2.45, 2.75) is 77.5 Å². The Kier molecular flexibility index (Phi) is 5.11. The Morgan fingerprint density at radius 3 is 2.48 bits per heavy atom. The topological polar surface area (TPSA) is 63.6 Å². The number of carbonyl (C=O) groups is 2. The molecule has 1 N–H and O–H groups in total. The van der Waals surface area contributed by atoms with Crippen molar-refractivity contribution in [1.82, 2.24) is 0 Å². The van der Waals surface area contributed by atoms with Crippen LogP contribution in [0.5, 0.6) is 0 Å². The van der Waals surface area contributed by atoms with E-state index in [1.807, 2.05) is 6.92 Å². The van der Waals surface area contributed by atoms with Gasteiger partial charge in [-0.1, -0.05) is 6.92 Å². The molecule has 4 aliphatic carbocycles. The standard InChI is InChI=1S/C22H33FO4/c1-12(25)27-14-4-6-15-13(9-14)3-5-16-17(15)10-21(23)22(2)18(16)7-8-19(22)20(26)11-24/h13-19,21,24H,3-11H2,1-2H3/t13-,14-,15+,16-,17-,18+,19-,21-,22+/m1/s1. The summed E-state index contributed by atoms with van der Waals surface area (Å²) in [5.41, 5.74) is -0.594. The molecule has 9 atom stereocenters. The number of ketones is 1. The van der Waals surface area contributed by atoms with Crippen molar-refractivity contribution in [2.24, 2.45) is 40.9 Å². The number of aliphatic hydroxyl groups excluding tert-OH is 1. The third-order valence-corrected chi connectivity index (χ3v) is 8.83. The van der Waals surface area contributed by atoms with Gasteiger partial charge in [-0.15, -0.1) is 0 Å². The normalized spacial score (nSPS) is 48.9. The molecular formula is C22H33FO4. The third-order valence-electron chi connectivity index (χ3n) is 8.83. The van der Waals surface area contributed by atoms with Gasteiger partial charge in [0.2, 0.25) is 0 Å². The number of hydrogen-bond acceptors (Lipinski definition) is 4. The van der Waals surface area contributed by atoms with Crippen molar-refractivity contribution in [3.05, 3.63) is 0 Å². The molecule has 5 heteroatoms. The van der Waals surface area contributed by atoms with Crippen LogP contribution < -0.4 is 0 Å². The van der Waals surface area contributed by atoms with E-state index in [0.29, 0.717) is 30.1 Å². The van der Waals surface area contributed by atoms with E-state index in [2.05, 4.69) is 0 Å². The molecule has 0 heterocycles. The lowest BCUT2D eigenvalue weighted by Crippen LogP contribution is -2.55. The molecule has 4 fully saturated rings. The molecule has 0 bridgehead atoms. The fourth-order valence-corrected chi connectivity index (χ4v) is 7.73. The minimum Gasteiger partial charge on any atom is -0.463 e. The minimum absolute atomic E-state index is 0.0355. The van der Waals surface area contributed by atoms with Gasteiger partial charge in [0.05, 0.1) is 0 Å². The van der Waals surface area contributed by atoms with Crippen molar-refractivity contribution in [1.29, 1.82) is 0 Å². The highest BCUT2D eigenvalue weighted by Crippen LogP contribution is 2.65. The second-order valence-electron chi connectivity index (χ2n) is 9.80. The molecule has 4 rings (SSSR count). The van der Waals surface area contributed by atoms with E-state index in [9.17, 15) is 14.7 Å². The number of Topliss-reactive ketones (excluding diaryl/α,β-unsaturated/α-hetero) is 1. The first-order chi connectivity index (χ1) is 12.9. The SMILES string of the molecule is CC(=O)O[C@@H]1CC[C@H]2[C@H](CC[C@@H]3[C@@H]2C[C@@H](F)[C@]2(C)[C@@H](C(=O)CO)CC[C@@H]32)C1. The van der Waals surface area contributed by atoms with Gasteiger partial charge in [-0.25, -0.2) is 4.39 Å². The summed E-state index contributed by atoms with van der Waals surface area (Å²) in [6.45, 7) is 2.99. The summed E-state index contributed by atoms with van der Waals surface area (Å²) in [6, 6.07) is 0. The van der Waals surface area contributed by atoms with Crippen LogP contribution in [0.2, 0.25) is 0 Å². The van der Waals surface area contributed by atoms with Gasteiger partial charge >= 0.3 is 5.97 Å². The summed E-state index contributed by atoms with van der Waals surface area (Å²) in [6.07, 6.45) is 6.37. The van der Waals surface area contributed by atoms with Gasteiger partial charge in [0.15, 0.2) is 5.78 Å². The molecule has 0 aliphatic heterocycles. The van der Waals surface area contributed by atoms with Gasteiger partial charge in [-0.05, 0) is 81.0 Å². The van der Waals surface area contributed by atoms with Crippen LogP contribution in [0.15, 0.2) is 0 Å². The molecule has 4 saturated carbocycles. The summed E-state index contributed by atoms with van der Waals surface area (Å²) < 4.78 is 21.0. The zero-order chi connectivity index (χ0) is 19.3. The number of aliphatic hydroxyl groups is 1. The average molecular weight is 381 g/mol. The fraction of sp³-hybridized carbons (Fsp3) is 0.909. The lowest BCUT2D eigenvalue weighted by atomic mass is 9.49. The van der Waals surface area contributed by atoms with Crippen LogP contribution in [-0.4, -0.2) is 35.7 Å². The smallest absolute Gasteiger partial charge is 0.302 e. The quantitative estimate of drug-likeness (QED) is 0.759. The molecular weight excluding hydrogens is 347 g/mol. The molecule has 0 radical (unpaired) electrons. The molecule has 27 heavy (non-hydrogen) atoms. The summed E-state index contributed by atoms with van der Waals surface area (Å²) in [5, 5.41) is 9.35. The first kappa shape index (κ1) is 19.4. The van der Waals surface area contributed by atoms with Crippen LogP contribution in [0.1, 0.15) is 65.2 Å². The van der Waals surface area contributed by atoms with Crippen LogP contribution in [0.4, 0.5) is 4.39 Å². The predicted octanol–water partition coefficient (Wildman–Crippen LogP) is 3.70. The molecule has 4 nitrogen and oxygen atoms in total. The van der Waals surface area contributed by atoms with Crippen molar-refractivity contribution in [2.75, 3.05) is 6.61 Å². The number of alkyl halides is 1. The van der Waals surface area contributed by atoms with Crippen molar-refractivity contribution >= 4 is 11.8 Å². The Balaban J connectivity index is 1.52. The minimum atomic E-state index is -0.961. The zero-order valence-electron chi connectivity index (χ0n) is 16.5. The Labute approximate surface area is 161 Å². The molecule has 152 valence electrons. The Bertz CT molecular complexity index is 607. The summed E-state index contributed by atoms with van der Waals surface area (Å²) >= 11 is 0. The van der Waals surface area contributed by atoms with Gasteiger partial charge in [0.1, 0.15) is 18.9 Å². The summed E-state index contributed by atoms with van der Waals surface area (Å²) in [5.74, 6) is 1.55. The Morgan fingerprint density at radius 2 is 1.78 bits per heavy atom. The van der Waals surface area contributed by atoms with Crippen LogP contribution in [0.3, 0.4) is 0 Å². The molecule has 0 saturated heterocycles. The summed E-state index contributed by atoms with van der Waals surface area (Å²) in [7, 11) is 0. The third kappa shape index (κ3) is 3.04. The lowest BCUT2D eigenvalue weighted by molar-refractivity contribution is -0.155. The number of ether oxygens (including phenoxy) is 1. The van der Waals surface area contributed by atoms with E-state index in [1.54, 1.807) is 0 Å². The highest BCUT2D eigenvalue weighted by Gasteiger charge is 2.62. The number of esters is 1. The largest absolute Gasteiger partial charge is 0.463 e. The average Bonchev–Trinajstić information content (AvgIpc) is 2.99. The second kappa shape index (κ2) is 7.13. The lowest BCUT2D eigenvalue weighted by Gasteiger charge is -2.57. The van der Waals surface area contributed by atoms with Crippen LogP contribution in [0.25, 0.3) is 0 Å². The molecule has 0 aromatic rings. The Hall–Kier alpha value is -0.970. The molecule has 0 amide bonds. The second-order valence-corrected chi connectivity index (χ2v) is 9.80. The zero-order valence-corrected chi connectivity index (χ0v) is 16.5. The van der Waals surface area contributed by atoms with E-state index >= 15 is 4.39 Å². The number of fused-ring (bicyclic) bond motifs is 5. The van der Waals surface area contributed by atoms with E-state index in [0.717, 1.165) is 44.9 Å². The van der Waals surface area contributed by atoms with E-state index in [4.69, 9.17) is 4.74 Å². The first-order valence-corrected chi connectivity index (χ1v) is 10.8. The predicted molar refractivity (Wildman–Crippen MR) is 98.5 cm³/mol. The van der Waals surface area contributed by atoms with Crippen molar-refractivity contribution in [3.8, 4) is 0 Å². The number of halogens is 1. The van der Waals surface area contributed by atoms with Crippen molar-refractivity contribution < 1.29 is 23.8 Å². The maximum absolute atomic E-state index is 15.5. The molecule has 4 aliphatic rings. The van der Waals surface area contributed by atoms with Crippen LogP contribution >= 0.6 is 0 Å². The van der Waals surface area contributed by atoms with Crippen LogP contribution in [0, 0.1) is 40.9 Å². The van der Waals surface area contributed by atoms with Gasteiger partial charge in [0, 0.05) is 18.3 Å². The van der Waals surface area contributed by atoms with Crippen LogP contribution in [-0.2, 0) is 14.3 Å². The Morgan fingerprint density at radius 1 is 1.04 bits per heavy atom.